The van der Waals surface area contributed by atoms with Crippen LogP contribution in [0.2, 0.25) is 0 Å². The Bertz CT molecular complexity index is 1180. The Morgan fingerprint density at radius 3 is 2.80 bits per heavy atom. The largest absolute Gasteiger partial charge is 0.283 e. The van der Waals surface area contributed by atoms with Gasteiger partial charge in [-0.3, -0.25) is 9.67 Å². The average molecular weight is 344 g/mol. The number of benzene rings is 2. The van der Waals surface area contributed by atoms with Crippen LogP contribution < -0.4 is 0 Å². The number of fused-ring (bicyclic) bond motifs is 2. The van der Waals surface area contributed by atoms with Crippen molar-refractivity contribution >= 4 is 33.8 Å². The van der Waals surface area contributed by atoms with Crippen molar-refractivity contribution in [2.24, 2.45) is 0 Å². The van der Waals surface area contributed by atoms with Gasteiger partial charge in [-0.2, -0.15) is 5.10 Å². The van der Waals surface area contributed by atoms with Gasteiger partial charge in [-0.05, 0) is 42.1 Å². The van der Waals surface area contributed by atoms with Crippen molar-refractivity contribution in [2.75, 3.05) is 0 Å². The molecule has 120 valence electrons. The molecule has 0 bridgehead atoms. The SMILES string of the molecule is c1ccc(Sc2ncc3ncn(-c4ccc5cn[nH]c5c4)c3n2)cc1. The zero-order valence-corrected chi connectivity index (χ0v) is 13.8. The van der Waals surface area contributed by atoms with Crippen LogP contribution in [0.25, 0.3) is 27.8 Å². The van der Waals surface area contributed by atoms with Gasteiger partial charge in [-0.1, -0.05) is 18.2 Å². The third-order valence-corrected chi connectivity index (χ3v) is 4.81. The summed E-state index contributed by atoms with van der Waals surface area (Å²) in [5.74, 6) is 0. The van der Waals surface area contributed by atoms with Gasteiger partial charge >= 0.3 is 0 Å². The summed E-state index contributed by atoms with van der Waals surface area (Å²) in [6.45, 7) is 0. The first-order chi connectivity index (χ1) is 12.4. The highest BCUT2D eigenvalue weighted by molar-refractivity contribution is 7.99. The van der Waals surface area contributed by atoms with E-state index in [1.54, 1.807) is 12.5 Å². The van der Waals surface area contributed by atoms with Crippen molar-refractivity contribution in [1.29, 1.82) is 0 Å². The van der Waals surface area contributed by atoms with Crippen LogP contribution in [0.1, 0.15) is 0 Å². The predicted octanol–water partition coefficient (Wildman–Crippen LogP) is 3.84. The van der Waals surface area contributed by atoms with E-state index < -0.39 is 0 Å². The van der Waals surface area contributed by atoms with E-state index in [9.17, 15) is 0 Å². The number of rotatable bonds is 3. The Hall–Kier alpha value is -3.19. The Balaban J connectivity index is 1.60. The Morgan fingerprint density at radius 1 is 0.960 bits per heavy atom. The fraction of sp³-hybridized carbons (Fsp3) is 0. The molecule has 0 aliphatic heterocycles. The van der Waals surface area contributed by atoms with Gasteiger partial charge in [0.05, 0.1) is 23.6 Å². The quantitative estimate of drug-likeness (QED) is 0.503. The normalized spacial score (nSPS) is 11.4. The highest BCUT2D eigenvalue weighted by Crippen LogP contribution is 2.26. The second kappa shape index (κ2) is 5.71. The molecule has 5 rings (SSSR count). The molecule has 3 aromatic heterocycles. The zero-order valence-electron chi connectivity index (χ0n) is 13.0. The second-order valence-corrected chi connectivity index (χ2v) is 6.57. The number of nitrogens with one attached hydrogen (secondary N) is 1. The lowest BCUT2D eigenvalue weighted by atomic mass is 10.2. The molecule has 2 aromatic carbocycles. The van der Waals surface area contributed by atoms with Crippen LogP contribution in [-0.2, 0) is 0 Å². The minimum atomic E-state index is 0.697. The minimum absolute atomic E-state index is 0.697. The van der Waals surface area contributed by atoms with Crippen LogP contribution in [0, 0.1) is 0 Å². The van der Waals surface area contributed by atoms with Gasteiger partial charge in [0.15, 0.2) is 10.8 Å². The molecule has 0 unspecified atom stereocenters. The molecular weight excluding hydrogens is 332 g/mol. The third kappa shape index (κ3) is 2.54. The maximum Gasteiger partial charge on any atom is 0.194 e. The summed E-state index contributed by atoms with van der Waals surface area (Å²) in [7, 11) is 0. The summed E-state index contributed by atoms with van der Waals surface area (Å²) in [4.78, 5) is 14.6. The molecule has 0 spiro atoms. The predicted molar refractivity (Wildman–Crippen MR) is 96.9 cm³/mol. The number of aromatic amines is 1. The van der Waals surface area contributed by atoms with Crippen molar-refractivity contribution in [3.8, 4) is 5.69 Å². The lowest BCUT2D eigenvalue weighted by Gasteiger charge is -2.05. The van der Waals surface area contributed by atoms with E-state index in [1.807, 2.05) is 59.3 Å². The van der Waals surface area contributed by atoms with Crippen LogP contribution >= 0.6 is 11.8 Å². The van der Waals surface area contributed by atoms with E-state index >= 15 is 0 Å². The van der Waals surface area contributed by atoms with Gasteiger partial charge < -0.3 is 0 Å². The molecule has 1 N–H and O–H groups in total. The fourth-order valence-electron chi connectivity index (χ4n) is 2.70. The van der Waals surface area contributed by atoms with Gasteiger partial charge in [0, 0.05) is 10.3 Å². The van der Waals surface area contributed by atoms with Crippen LogP contribution in [0.3, 0.4) is 0 Å². The molecule has 0 atom stereocenters. The fourth-order valence-corrected chi connectivity index (χ4v) is 3.44. The number of H-pyrrole nitrogens is 1. The number of nitrogens with zero attached hydrogens (tertiary/aromatic N) is 5. The first-order valence-electron chi connectivity index (χ1n) is 7.73. The Labute approximate surface area is 147 Å². The molecule has 7 heteroatoms. The van der Waals surface area contributed by atoms with Crippen LogP contribution in [0.15, 0.2) is 77.3 Å². The van der Waals surface area contributed by atoms with E-state index in [1.165, 1.54) is 11.8 Å². The third-order valence-electron chi connectivity index (χ3n) is 3.92. The number of hydrogen-bond donors (Lipinski definition) is 1. The number of hydrogen-bond acceptors (Lipinski definition) is 5. The highest BCUT2D eigenvalue weighted by atomic mass is 32.2. The van der Waals surface area contributed by atoms with Gasteiger partial charge in [0.2, 0.25) is 0 Å². The molecule has 0 radical (unpaired) electrons. The molecule has 6 nitrogen and oxygen atoms in total. The summed E-state index contributed by atoms with van der Waals surface area (Å²) >= 11 is 1.53. The standard InChI is InChI=1S/C18H12N6S/c1-2-4-14(5-3-1)25-18-19-10-16-17(22-18)24(11-20-16)13-7-6-12-9-21-23-15(12)8-13/h1-11H,(H,21,23). The summed E-state index contributed by atoms with van der Waals surface area (Å²) < 4.78 is 1.96. The molecule has 0 saturated heterocycles. The van der Waals surface area contributed by atoms with Crippen LogP contribution in [0.4, 0.5) is 0 Å². The van der Waals surface area contributed by atoms with Crippen molar-refractivity contribution in [1.82, 2.24) is 29.7 Å². The molecule has 0 fully saturated rings. The van der Waals surface area contributed by atoms with Crippen molar-refractivity contribution in [2.45, 2.75) is 10.1 Å². The second-order valence-electron chi connectivity index (χ2n) is 5.53. The lowest BCUT2D eigenvalue weighted by molar-refractivity contribution is 0.967. The smallest absolute Gasteiger partial charge is 0.194 e. The van der Waals surface area contributed by atoms with Crippen molar-refractivity contribution in [3.63, 3.8) is 0 Å². The molecular formula is C18H12N6S. The topological polar surface area (TPSA) is 72.3 Å². The van der Waals surface area contributed by atoms with Gasteiger partial charge in [0.25, 0.3) is 0 Å². The van der Waals surface area contributed by atoms with Gasteiger partial charge in [0.1, 0.15) is 11.8 Å². The number of aromatic nitrogens is 6. The van der Waals surface area contributed by atoms with Crippen molar-refractivity contribution < 1.29 is 0 Å². The zero-order chi connectivity index (χ0) is 16.6. The van der Waals surface area contributed by atoms with E-state index in [-0.39, 0.29) is 0 Å². The van der Waals surface area contributed by atoms with E-state index in [4.69, 9.17) is 4.98 Å². The monoisotopic (exact) mass is 344 g/mol. The maximum absolute atomic E-state index is 4.70. The Morgan fingerprint density at radius 2 is 1.88 bits per heavy atom. The summed E-state index contributed by atoms with van der Waals surface area (Å²) in [5, 5.41) is 8.83. The lowest BCUT2D eigenvalue weighted by Crippen LogP contribution is -1.95. The van der Waals surface area contributed by atoms with E-state index in [0.29, 0.717) is 5.16 Å². The van der Waals surface area contributed by atoms with Gasteiger partial charge in [-0.25, -0.2) is 15.0 Å². The molecule has 0 saturated carbocycles. The highest BCUT2D eigenvalue weighted by Gasteiger charge is 2.10. The van der Waals surface area contributed by atoms with E-state index in [2.05, 4.69) is 20.2 Å². The molecule has 0 amide bonds. The molecule has 3 heterocycles. The van der Waals surface area contributed by atoms with Crippen LogP contribution in [0.5, 0.6) is 0 Å². The summed E-state index contributed by atoms with van der Waals surface area (Å²) in [6.07, 6.45) is 5.34. The summed E-state index contributed by atoms with van der Waals surface area (Å²) in [5.41, 5.74) is 3.51. The minimum Gasteiger partial charge on any atom is -0.283 e. The first kappa shape index (κ1) is 14.2. The first-order valence-corrected chi connectivity index (χ1v) is 8.55. The maximum atomic E-state index is 4.70. The van der Waals surface area contributed by atoms with E-state index in [0.717, 1.165) is 32.6 Å². The molecule has 0 aliphatic rings. The van der Waals surface area contributed by atoms with Gasteiger partial charge in [-0.15, -0.1) is 0 Å². The summed E-state index contributed by atoms with van der Waals surface area (Å²) in [6, 6.07) is 16.2. The molecule has 0 aliphatic carbocycles. The average Bonchev–Trinajstić information content (AvgIpc) is 3.28. The van der Waals surface area contributed by atoms with Crippen molar-refractivity contribution in [3.05, 3.63) is 67.3 Å². The Kier molecular flexibility index (Phi) is 3.24. The van der Waals surface area contributed by atoms with Crippen LogP contribution in [-0.4, -0.2) is 29.7 Å². The molecule has 5 aromatic rings. The molecule has 25 heavy (non-hydrogen) atoms. The number of imidazole rings is 1.